The summed E-state index contributed by atoms with van der Waals surface area (Å²) in [4.78, 5) is 34.3. The van der Waals surface area contributed by atoms with Crippen LogP contribution in [0.3, 0.4) is 0 Å². The Hall–Kier alpha value is -3.06. The van der Waals surface area contributed by atoms with Crippen LogP contribution < -0.4 is 5.32 Å². The molecule has 1 fully saturated rings. The fourth-order valence-electron chi connectivity index (χ4n) is 4.17. The number of anilines is 1. The first-order valence-corrected chi connectivity index (χ1v) is 12.3. The number of likely N-dealkylation sites (N-methyl/N-ethyl adjacent to an activating group) is 1. The zero-order valence-electron chi connectivity index (χ0n) is 19.6. The predicted octanol–water partition coefficient (Wildman–Crippen LogP) is 4.71. The van der Waals surface area contributed by atoms with E-state index in [9.17, 15) is 9.59 Å². The molecular weight excluding hydrogens is 432 g/mol. The van der Waals surface area contributed by atoms with Crippen LogP contribution in [0.25, 0.3) is 0 Å². The van der Waals surface area contributed by atoms with Gasteiger partial charge in [0.05, 0.1) is 17.3 Å². The van der Waals surface area contributed by atoms with E-state index in [2.05, 4.69) is 17.1 Å². The van der Waals surface area contributed by atoms with E-state index >= 15 is 0 Å². The van der Waals surface area contributed by atoms with E-state index in [0.717, 1.165) is 47.3 Å². The summed E-state index contributed by atoms with van der Waals surface area (Å²) in [6, 6.07) is 15.3. The maximum absolute atomic E-state index is 13.1. The topological polar surface area (TPSA) is 65.0 Å². The Bertz CT molecular complexity index is 1100. The molecule has 4 rings (SSSR count). The third kappa shape index (κ3) is 4.83. The third-order valence-electron chi connectivity index (χ3n) is 6.00. The average Bonchev–Trinajstić information content (AvgIpc) is 2.83. The number of rotatable bonds is 5. The van der Waals surface area contributed by atoms with Gasteiger partial charge in [0.25, 0.3) is 11.8 Å². The number of benzene rings is 2. The van der Waals surface area contributed by atoms with Crippen LogP contribution in [-0.4, -0.2) is 53.2 Å². The lowest BCUT2D eigenvalue weighted by atomic mass is 9.93. The van der Waals surface area contributed by atoms with E-state index in [4.69, 9.17) is 4.99 Å². The summed E-state index contributed by atoms with van der Waals surface area (Å²) in [5, 5.41) is 3.95. The van der Waals surface area contributed by atoms with E-state index in [1.165, 1.54) is 5.56 Å². The third-order valence-corrected chi connectivity index (χ3v) is 7.08. The number of aliphatic imine (C=N–C) groups is 1. The maximum Gasteiger partial charge on any atom is 0.255 e. The Morgan fingerprint density at radius 1 is 1.12 bits per heavy atom. The Morgan fingerprint density at radius 2 is 1.82 bits per heavy atom. The van der Waals surface area contributed by atoms with Crippen molar-refractivity contribution in [1.82, 2.24) is 9.80 Å². The summed E-state index contributed by atoms with van der Waals surface area (Å²) in [5.41, 5.74) is 5.05. The van der Waals surface area contributed by atoms with Gasteiger partial charge in [0, 0.05) is 37.6 Å². The summed E-state index contributed by atoms with van der Waals surface area (Å²) < 4.78 is 0. The molecule has 0 aliphatic carbocycles. The van der Waals surface area contributed by atoms with Crippen molar-refractivity contribution in [3.05, 3.63) is 76.5 Å². The molecular formula is C26H30N4O2S. The molecule has 2 aromatic rings. The van der Waals surface area contributed by atoms with E-state index in [-0.39, 0.29) is 17.9 Å². The lowest BCUT2D eigenvalue weighted by Gasteiger charge is -2.41. The van der Waals surface area contributed by atoms with Crippen molar-refractivity contribution in [3.63, 3.8) is 0 Å². The van der Waals surface area contributed by atoms with Crippen LogP contribution in [0, 0.1) is 0 Å². The smallest absolute Gasteiger partial charge is 0.255 e. The number of fused-ring (bicyclic) bond motifs is 1. The quantitative estimate of drug-likeness (QED) is 0.699. The number of hydrogen-bond acceptors (Lipinski definition) is 5. The van der Waals surface area contributed by atoms with Gasteiger partial charge in [-0.05, 0) is 55.2 Å². The highest BCUT2D eigenvalue weighted by Crippen LogP contribution is 2.40. The molecule has 0 spiro atoms. The van der Waals surface area contributed by atoms with Crippen LogP contribution in [-0.2, 0) is 11.2 Å². The molecule has 33 heavy (non-hydrogen) atoms. The number of hydrogen-bond donors (Lipinski definition) is 1. The molecule has 1 N–H and O–H groups in total. The van der Waals surface area contributed by atoms with E-state index < -0.39 is 0 Å². The summed E-state index contributed by atoms with van der Waals surface area (Å²) in [7, 11) is 3.55. The molecule has 0 aromatic heterocycles. The molecule has 7 heteroatoms. The van der Waals surface area contributed by atoms with Crippen molar-refractivity contribution in [2.24, 2.45) is 4.99 Å². The fourth-order valence-corrected chi connectivity index (χ4v) is 5.19. The second kappa shape index (κ2) is 9.83. The van der Waals surface area contributed by atoms with Gasteiger partial charge < -0.3 is 15.1 Å². The summed E-state index contributed by atoms with van der Waals surface area (Å²) in [6.45, 7) is 4.87. The van der Waals surface area contributed by atoms with Gasteiger partial charge in [-0.15, -0.1) is 0 Å². The molecule has 0 radical (unpaired) electrons. The monoisotopic (exact) mass is 462 g/mol. The first-order valence-electron chi connectivity index (χ1n) is 11.3. The molecule has 0 unspecified atom stereocenters. The van der Waals surface area contributed by atoms with Crippen molar-refractivity contribution < 1.29 is 9.59 Å². The Balaban J connectivity index is 1.59. The van der Waals surface area contributed by atoms with E-state index in [0.29, 0.717) is 11.1 Å². The maximum atomic E-state index is 13.1. The lowest BCUT2D eigenvalue weighted by Crippen LogP contribution is -2.43. The average molecular weight is 463 g/mol. The number of carbonyl (C=O) groups is 2. The highest BCUT2D eigenvalue weighted by molar-refractivity contribution is 8.13. The number of allylic oxidation sites excluding steroid dienone is 1. The number of amides is 2. The number of amidine groups is 1. The van der Waals surface area contributed by atoms with Crippen LogP contribution >= 0.6 is 11.8 Å². The number of aryl methyl sites for hydroxylation is 1. The molecule has 2 aromatic carbocycles. The van der Waals surface area contributed by atoms with Gasteiger partial charge in [0.1, 0.15) is 0 Å². The van der Waals surface area contributed by atoms with Crippen molar-refractivity contribution in [2.45, 2.75) is 32.7 Å². The Labute approximate surface area is 199 Å². The van der Waals surface area contributed by atoms with Gasteiger partial charge >= 0.3 is 0 Å². The van der Waals surface area contributed by atoms with Gasteiger partial charge in [0.15, 0.2) is 5.17 Å². The minimum Gasteiger partial charge on any atom is -0.345 e. The van der Waals surface area contributed by atoms with Gasteiger partial charge in [-0.25, -0.2) is 4.99 Å². The summed E-state index contributed by atoms with van der Waals surface area (Å²) >= 11 is 1.74. The number of carbonyl (C=O) groups excluding carboxylic acids is 2. The van der Waals surface area contributed by atoms with E-state index in [1.54, 1.807) is 30.8 Å². The molecule has 2 aliphatic heterocycles. The van der Waals surface area contributed by atoms with Gasteiger partial charge in [-0.3, -0.25) is 9.59 Å². The fraction of sp³-hybridized carbons (Fsp3) is 0.346. The Morgan fingerprint density at radius 3 is 2.45 bits per heavy atom. The molecule has 2 aliphatic rings. The van der Waals surface area contributed by atoms with Crippen LogP contribution in [0.4, 0.5) is 5.69 Å². The minimum atomic E-state index is -0.188. The van der Waals surface area contributed by atoms with Crippen LogP contribution in [0.15, 0.2) is 64.8 Å². The zero-order valence-corrected chi connectivity index (χ0v) is 20.4. The highest BCUT2D eigenvalue weighted by Gasteiger charge is 2.37. The van der Waals surface area contributed by atoms with Gasteiger partial charge in [-0.2, -0.15) is 0 Å². The molecule has 2 heterocycles. The molecule has 0 saturated carbocycles. The predicted molar refractivity (Wildman–Crippen MR) is 136 cm³/mol. The van der Waals surface area contributed by atoms with E-state index in [1.807, 2.05) is 55.5 Å². The normalized spacial score (nSPS) is 17.9. The molecule has 172 valence electrons. The number of thioether (sulfide) groups is 1. The lowest BCUT2D eigenvalue weighted by molar-refractivity contribution is -0.125. The second-order valence-electron chi connectivity index (χ2n) is 8.52. The molecule has 1 saturated heterocycles. The van der Waals surface area contributed by atoms with Gasteiger partial charge in [0.2, 0.25) is 0 Å². The molecule has 0 bridgehead atoms. The summed E-state index contributed by atoms with van der Waals surface area (Å²) in [5.74, 6) is 0.879. The molecule has 1 atom stereocenters. The summed E-state index contributed by atoms with van der Waals surface area (Å²) in [6.07, 6.45) is 1.99. The highest BCUT2D eigenvalue weighted by atomic mass is 32.2. The molecule has 6 nitrogen and oxygen atoms in total. The zero-order chi connectivity index (χ0) is 23.5. The first-order chi connectivity index (χ1) is 15.9. The first kappa shape index (κ1) is 23.1. The number of nitrogens with zero attached hydrogens (tertiary/aromatic N) is 3. The SMILES string of the molecule is CCc1ccc(C(=O)Nc2ccc([C@@H]3C(C(=O)N(C)C)=C(C)N=C4SCCCN43)cc2)cc1. The second-order valence-corrected chi connectivity index (χ2v) is 9.58. The van der Waals surface area contributed by atoms with Crippen LogP contribution in [0.2, 0.25) is 0 Å². The van der Waals surface area contributed by atoms with Crippen LogP contribution in [0.1, 0.15) is 47.8 Å². The van der Waals surface area contributed by atoms with Crippen molar-refractivity contribution >= 4 is 34.4 Å². The number of nitrogens with one attached hydrogen (secondary N) is 1. The largest absolute Gasteiger partial charge is 0.345 e. The van der Waals surface area contributed by atoms with Crippen molar-refractivity contribution in [3.8, 4) is 0 Å². The van der Waals surface area contributed by atoms with Crippen molar-refractivity contribution in [1.29, 1.82) is 0 Å². The van der Waals surface area contributed by atoms with Crippen molar-refractivity contribution in [2.75, 3.05) is 31.7 Å². The van der Waals surface area contributed by atoms with Gasteiger partial charge in [-0.1, -0.05) is 43.0 Å². The Kier molecular flexibility index (Phi) is 6.88. The standard InChI is InChI=1S/C26H30N4O2S/c1-5-18-7-9-20(10-8-18)24(31)28-21-13-11-19(12-14-21)23-22(25(32)29(3)4)17(2)27-26-30(23)15-6-16-33-26/h7-14,23H,5-6,15-16H2,1-4H3,(H,28,31)/t23-/m1/s1. The van der Waals surface area contributed by atoms with Crippen LogP contribution in [0.5, 0.6) is 0 Å². The molecule has 2 amide bonds. The minimum absolute atomic E-state index is 0.0243.